The first-order valence-electron chi connectivity index (χ1n) is 11.6. The molecule has 3 nitrogen and oxygen atoms in total. The summed E-state index contributed by atoms with van der Waals surface area (Å²) in [6.07, 6.45) is 20.6. The molecule has 0 aliphatic heterocycles. The zero-order valence-electron chi connectivity index (χ0n) is 18.0. The molecule has 0 aliphatic carbocycles. The molecule has 5 heteroatoms. The van der Waals surface area contributed by atoms with Gasteiger partial charge < -0.3 is 4.18 Å². The van der Waals surface area contributed by atoms with Gasteiger partial charge in [0.2, 0.25) is 0 Å². The van der Waals surface area contributed by atoms with E-state index in [4.69, 9.17) is 4.18 Å². The molecule has 1 aromatic rings. The Balaban J connectivity index is 0.00000784. The Hall–Kier alpha value is -0.433. The van der Waals surface area contributed by atoms with E-state index in [1.165, 1.54) is 83.5 Å². The van der Waals surface area contributed by atoms with Crippen molar-refractivity contribution < 1.29 is 12.6 Å². The minimum absolute atomic E-state index is 0. The van der Waals surface area contributed by atoms with Crippen LogP contribution in [0.2, 0.25) is 0 Å². The van der Waals surface area contributed by atoms with Crippen LogP contribution in [0.4, 0.5) is 0 Å². The van der Waals surface area contributed by atoms with Gasteiger partial charge >= 0.3 is 29.0 Å². The molecule has 0 N–H and O–H groups in total. The summed E-state index contributed by atoms with van der Waals surface area (Å²) in [5, 5.41) is 0. The quantitative estimate of drug-likeness (QED) is 0.138. The number of hydrogen-bond donors (Lipinski definition) is 0. The molecule has 0 aromatic heterocycles. The van der Waals surface area contributed by atoms with Crippen molar-refractivity contribution >= 4 is 29.0 Å². The fourth-order valence-corrected chi connectivity index (χ4v) is 4.54. The van der Waals surface area contributed by atoms with E-state index in [2.05, 4.69) is 6.92 Å². The molecule has 0 spiro atoms. The zero-order valence-corrected chi connectivity index (χ0v) is 18.9. The Bertz CT molecular complexity index is 561. The molecule has 0 amide bonds. The average Bonchev–Trinajstić information content (AvgIpc) is 2.68. The van der Waals surface area contributed by atoms with Crippen LogP contribution in [0.3, 0.4) is 0 Å². The van der Waals surface area contributed by atoms with Crippen LogP contribution >= 0.6 is 0 Å². The van der Waals surface area contributed by atoms with Crippen molar-refractivity contribution in [2.24, 2.45) is 0 Å². The molecule has 0 aliphatic rings. The summed E-state index contributed by atoms with van der Waals surface area (Å²) in [5.41, 5.74) is 0. The SMILES string of the molecule is CCCCCCCCCCCCCCCCCCS(=O)(=O)Oc1ccccc1.[LiH]. The summed E-state index contributed by atoms with van der Waals surface area (Å²) in [7, 11) is -3.45. The van der Waals surface area contributed by atoms with E-state index in [0.29, 0.717) is 12.2 Å². The number of para-hydroxylation sites is 1. The van der Waals surface area contributed by atoms with E-state index in [0.717, 1.165) is 12.8 Å². The Kier molecular flexibility index (Phi) is 19.2. The molecule has 1 aromatic carbocycles. The van der Waals surface area contributed by atoms with Crippen LogP contribution < -0.4 is 4.18 Å². The normalized spacial score (nSPS) is 11.2. The Morgan fingerprint density at radius 3 is 1.41 bits per heavy atom. The van der Waals surface area contributed by atoms with E-state index in [1.54, 1.807) is 24.3 Å². The third kappa shape index (κ3) is 18.1. The summed E-state index contributed by atoms with van der Waals surface area (Å²) in [5.74, 6) is 0.513. The Labute approximate surface area is 192 Å². The molecule has 164 valence electrons. The van der Waals surface area contributed by atoms with Gasteiger partial charge in [-0.1, -0.05) is 121 Å². The molecule has 0 fully saturated rings. The van der Waals surface area contributed by atoms with E-state index >= 15 is 0 Å². The van der Waals surface area contributed by atoms with Crippen LogP contribution in [0, 0.1) is 0 Å². The molecular formula is C24H43LiO3S. The monoisotopic (exact) mass is 418 g/mol. The van der Waals surface area contributed by atoms with Crippen LogP contribution in [0.1, 0.15) is 110 Å². The molecular weight excluding hydrogens is 375 g/mol. The van der Waals surface area contributed by atoms with Crippen molar-refractivity contribution in [3.63, 3.8) is 0 Å². The van der Waals surface area contributed by atoms with Crippen molar-refractivity contribution in [1.82, 2.24) is 0 Å². The third-order valence-electron chi connectivity index (χ3n) is 5.21. The first-order chi connectivity index (χ1) is 13.6. The first-order valence-corrected chi connectivity index (χ1v) is 13.2. The Morgan fingerprint density at radius 2 is 1.00 bits per heavy atom. The summed E-state index contributed by atoms with van der Waals surface area (Å²) in [6, 6.07) is 8.74. The van der Waals surface area contributed by atoms with Crippen LogP contribution in [0.25, 0.3) is 0 Å². The Morgan fingerprint density at radius 1 is 0.621 bits per heavy atom. The molecule has 0 heterocycles. The first kappa shape index (κ1) is 28.6. The van der Waals surface area contributed by atoms with Gasteiger partial charge in [-0.05, 0) is 18.6 Å². The van der Waals surface area contributed by atoms with Crippen molar-refractivity contribution in [1.29, 1.82) is 0 Å². The fraction of sp³-hybridized carbons (Fsp3) is 0.750. The van der Waals surface area contributed by atoms with E-state index in [9.17, 15) is 8.42 Å². The maximum absolute atomic E-state index is 11.9. The maximum atomic E-state index is 11.9. The summed E-state index contributed by atoms with van der Waals surface area (Å²) in [6.45, 7) is 2.27. The van der Waals surface area contributed by atoms with Crippen molar-refractivity contribution in [3.05, 3.63) is 30.3 Å². The molecule has 0 radical (unpaired) electrons. The molecule has 1 rings (SSSR count). The van der Waals surface area contributed by atoms with Gasteiger partial charge in [-0.25, -0.2) is 0 Å². The number of unbranched alkanes of at least 4 members (excludes halogenated alkanes) is 15. The fourth-order valence-electron chi connectivity index (χ4n) is 3.49. The van der Waals surface area contributed by atoms with Gasteiger partial charge in [0.1, 0.15) is 5.75 Å². The van der Waals surface area contributed by atoms with Crippen molar-refractivity contribution in [2.45, 2.75) is 110 Å². The van der Waals surface area contributed by atoms with Crippen LogP contribution in [0.5, 0.6) is 5.75 Å². The molecule has 29 heavy (non-hydrogen) atoms. The van der Waals surface area contributed by atoms with Crippen molar-refractivity contribution in [3.8, 4) is 5.75 Å². The van der Waals surface area contributed by atoms with E-state index in [-0.39, 0.29) is 24.6 Å². The average molecular weight is 419 g/mol. The number of hydrogen-bond acceptors (Lipinski definition) is 3. The summed E-state index contributed by atoms with van der Waals surface area (Å²) >= 11 is 0. The molecule has 0 saturated heterocycles. The third-order valence-corrected chi connectivity index (χ3v) is 6.45. The molecule has 0 atom stereocenters. The van der Waals surface area contributed by atoms with Crippen molar-refractivity contribution in [2.75, 3.05) is 5.75 Å². The second kappa shape index (κ2) is 19.5. The standard InChI is InChI=1S/C24H42O3S.Li.H/c1-2-3-4-5-6-7-8-9-10-11-12-13-14-15-16-20-23-28(25,26)27-24-21-18-17-19-22-24;;/h17-19,21-22H,2-16,20,23H2,1H3;;. The number of benzene rings is 1. The topological polar surface area (TPSA) is 43.4 Å². The summed E-state index contributed by atoms with van der Waals surface area (Å²) in [4.78, 5) is 0. The van der Waals surface area contributed by atoms with Gasteiger partial charge in [0.05, 0.1) is 5.75 Å². The predicted octanol–water partition coefficient (Wildman–Crippen LogP) is 7.01. The zero-order chi connectivity index (χ0) is 20.3. The minimum atomic E-state index is -3.45. The second-order valence-electron chi connectivity index (χ2n) is 7.96. The van der Waals surface area contributed by atoms with E-state index < -0.39 is 10.1 Å². The molecule has 0 unspecified atom stereocenters. The van der Waals surface area contributed by atoms with Crippen LogP contribution in [-0.2, 0) is 10.1 Å². The van der Waals surface area contributed by atoms with Crippen LogP contribution in [-0.4, -0.2) is 33.0 Å². The van der Waals surface area contributed by atoms with Gasteiger partial charge in [0.25, 0.3) is 0 Å². The second-order valence-corrected chi connectivity index (χ2v) is 9.65. The predicted molar refractivity (Wildman–Crippen MR) is 128 cm³/mol. The van der Waals surface area contributed by atoms with Gasteiger partial charge in [-0.15, -0.1) is 0 Å². The molecule has 0 bridgehead atoms. The van der Waals surface area contributed by atoms with Gasteiger partial charge in [0, 0.05) is 0 Å². The van der Waals surface area contributed by atoms with Gasteiger partial charge in [-0.2, -0.15) is 8.42 Å². The van der Waals surface area contributed by atoms with Crippen LogP contribution in [0.15, 0.2) is 30.3 Å². The van der Waals surface area contributed by atoms with Gasteiger partial charge in [0.15, 0.2) is 0 Å². The molecule has 0 saturated carbocycles. The summed E-state index contributed by atoms with van der Waals surface area (Å²) < 4.78 is 28.9. The van der Waals surface area contributed by atoms with E-state index in [1.807, 2.05) is 6.07 Å². The number of rotatable bonds is 19. The van der Waals surface area contributed by atoms with Gasteiger partial charge in [-0.3, -0.25) is 0 Å².